The highest BCUT2D eigenvalue weighted by atomic mass is 16.2. The molecule has 2 heterocycles. The van der Waals surface area contributed by atoms with Gasteiger partial charge in [0, 0.05) is 33.1 Å². The minimum Gasteiger partial charge on any atom is -0.336 e. The molecule has 0 radical (unpaired) electrons. The van der Waals surface area contributed by atoms with Crippen LogP contribution in [0, 0.1) is 0 Å². The van der Waals surface area contributed by atoms with Gasteiger partial charge in [-0.15, -0.1) is 0 Å². The molecule has 0 N–H and O–H groups in total. The number of carbonyl (C=O) groups is 1. The molecule has 1 amide bonds. The van der Waals surface area contributed by atoms with Crippen molar-refractivity contribution in [1.82, 2.24) is 9.80 Å². The third-order valence-electron chi connectivity index (χ3n) is 5.07. The van der Waals surface area contributed by atoms with Crippen LogP contribution in [0.2, 0.25) is 0 Å². The van der Waals surface area contributed by atoms with Crippen LogP contribution in [0.1, 0.15) is 38.2 Å². The predicted molar refractivity (Wildman–Crippen MR) is 99.6 cm³/mol. The maximum atomic E-state index is 11.9. The maximum Gasteiger partial charge on any atom is 0.219 e. The third kappa shape index (κ3) is 4.35. The van der Waals surface area contributed by atoms with Gasteiger partial charge in [0.2, 0.25) is 5.91 Å². The molecular formula is C21H28N2O. The number of likely N-dealkylation sites (tertiary alicyclic amines) is 1. The van der Waals surface area contributed by atoms with E-state index >= 15 is 0 Å². The van der Waals surface area contributed by atoms with Crippen LogP contribution < -0.4 is 0 Å². The van der Waals surface area contributed by atoms with Gasteiger partial charge in [0.25, 0.3) is 0 Å². The van der Waals surface area contributed by atoms with Gasteiger partial charge in [-0.05, 0) is 36.8 Å². The summed E-state index contributed by atoms with van der Waals surface area (Å²) in [5.74, 6) is 0.224. The minimum absolute atomic E-state index is 0.224. The molecule has 0 aromatic heterocycles. The first-order valence-corrected chi connectivity index (χ1v) is 9.14. The average Bonchev–Trinajstić information content (AvgIpc) is 2.63. The normalized spacial score (nSPS) is 22.6. The van der Waals surface area contributed by atoms with E-state index in [-0.39, 0.29) is 5.91 Å². The molecule has 0 spiro atoms. The molecule has 2 aliphatic rings. The standard InChI is InChI=1S/C21H28N2O/c1-18(24)23-16-6-5-13-21(23)20-12-8-15-22(17-20)14-7-11-19-9-3-2-4-10-19/h2-4,7,9-12,21H,5-6,8,13-17H2,1H3/b11-7+/t21-/m0/s1. The fourth-order valence-electron chi connectivity index (χ4n) is 3.83. The van der Waals surface area contributed by atoms with Gasteiger partial charge >= 0.3 is 0 Å². The van der Waals surface area contributed by atoms with E-state index in [1.165, 1.54) is 17.6 Å². The molecule has 1 fully saturated rings. The molecule has 2 aliphatic heterocycles. The van der Waals surface area contributed by atoms with Crippen LogP contribution >= 0.6 is 0 Å². The number of hydrogen-bond donors (Lipinski definition) is 0. The summed E-state index contributed by atoms with van der Waals surface area (Å²) >= 11 is 0. The number of nitrogens with zero attached hydrogens (tertiary/aromatic N) is 2. The minimum atomic E-state index is 0.224. The van der Waals surface area contributed by atoms with Gasteiger partial charge in [0.1, 0.15) is 0 Å². The molecule has 1 aromatic rings. The van der Waals surface area contributed by atoms with E-state index in [1.54, 1.807) is 6.92 Å². The smallest absolute Gasteiger partial charge is 0.219 e. The second kappa shape index (κ2) is 8.29. The largest absolute Gasteiger partial charge is 0.336 e. The highest BCUT2D eigenvalue weighted by molar-refractivity contribution is 5.74. The number of piperidine rings is 1. The van der Waals surface area contributed by atoms with Crippen molar-refractivity contribution in [1.29, 1.82) is 0 Å². The average molecular weight is 324 g/mol. The molecule has 1 atom stereocenters. The third-order valence-corrected chi connectivity index (χ3v) is 5.07. The first-order valence-electron chi connectivity index (χ1n) is 9.14. The van der Waals surface area contributed by atoms with Crippen LogP contribution in [0.4, 0.5) is 0 Å². The fraction of sp³-hybridized carbons (Fsp3) is 0.476. The SMILES string of the molecule is CC(=O)N1CCCC[C@H]1C1=CCCN(C/C=C/c2ccccc2)C1. The molecule has 0 unspecified atom stereocenters. The Morgan fingerprint density at radius 2 is 2.04 bits per heavy atom. The van der Waals surface area contributed by atoms with Crippen molar-refractivity contribution in [2.45, 2.75) is 38.6 Å². The molecule has 1 aromatic carbocycles. The van der Waals surface area contributed by atoms with Crippen LogP contribution in [-0.4, -0.2) is 47.9 Å². The van der Waals surface area contributed by atoms with Crippen LogP contribution in [0.25, 0.3) is 6.08 Å². The fourth-order valence-corrected chi connectivity index (χ4v) is 3.83. The van der Waals surface area contributed by atoms with E-state index in [1.807, 2.05) is 6.07 Å². The second-order valence-corrected chi connectivity index (χ2v) is 6.84. The van der Waals surface area contributed by atoms with Gasteiger partial charge in [-0.25, -0.2) is 0 Å². The Kier molecular flexibility index (Phi) is 5.86. The second-order valence-electron chi connectivity index (χ2n) is 6.84. The summed E-state index contributed by atoms with van der Waals surface area (Å²) in [6.07, 6.45) is 11.4. The number of hydrogen-bond acceptors (Lipinski definition) is 2. The van der Waals surface area contributed by atoms with E-state index in [2.05, 4.69) is 52.3 Å². The molecular weight excluding hydrogens is 296 g/mol. The summed E-state index contributed by atoms with van der Waals surface area (Å²) in [5.41, 5.74) is 2.70. The lowest BCUT2D eigenvalue weighted by Gasteiger charge is -2.39. The van der Waals surface area contributed by atoms with Gasteiger partial charge in [-0.3, -0.25) is 9.69 Å². The molecule has 3 rings (SSSR count). The first-order chi connectivity index (χ1) is 11.7. The zero-order chi connectivity index (χ0) is 16.8. The van der Waals surface area contributed by atoms with Crippen molar-refractivity contribution >= 4 is 12.0 Å². The van der Waals surface area contributed by atoms with E-state index < -0.39 is 0 Å². The quantitative estimate of drug-likeness (QED) is 0.788. The van der Waals surface area contributed by atoms with Gasteiger partial charge in [-0.1, -0.05) is 48.6 Å². The Hall–Kier alpha value is -1.87. The molecule has 0 bridgehead atoms. The molecule has 128 valence electrons. The van der Waals surface area contributed by atoms with Gasteiger partial charge < -0.3 is 4.90 Å². The number of benzene rings is 1. The van der Waals surface area contributed by atoms with Crippen LogP contribution in [0.3, 0.4) is 0 Å². The molecule has 1 saturated heterocycles. The lowest BCUT2D eigenvalue weighted by Crippen LogP contribution is -2.46. The zero-order valence-corrected chi connectivity index (χ0v) is 14.7. The van der Waals surface area contributed by atoms with Crippen LogP contribution in [-0.2, 0) is 4.79 Å². The molecule has 0 saturated carbocycles. The predicted octanol–water partition coefficient (Wildman–Crippen LogP) is 3.73. The maximum absolute atomic E-state index is 11.9. The van der Waals surface area contributed by atoms with Gasteiger partial charge in [-0.2, -0.15) is 0 Å². The highest BCUT2D eigenvalue weighted by Gasteiger charge is 2.29. The van der Waals surface area contributed by atoms with E-state index in [0.29, 0.717) is 6.04 Å². The van der Waals surface area contributed by atoms with Crippen molar-refractivity contribution in [3.63, 3.8) is 0 Å². The van der Waals surface area contributed by atoms with Crippen molar-refractivity contribution in [2.24, 2.45) is 0 Å². The highest BCUT2D eigenvalue weighted by Crippen LogP contribution is 2.26. The lowest BCUT2D eigenvalue weighted by molar-refractivity contribution is -0.131. The molecule has 3 heteroatoms. The van der Waals surface area contributed by atoms with Gasteiger partial charge in [0.05, 0.1) is 6.04 Å². The van der Waals surface area contributed by atoms with Crippen molar-refractivity contribution in [3.05, 3.63) is 53.6 Å². The Balaban J connectivity index is 1.58. The van der Waals surface area contributed by atoms with E-state index in [9.17, 15) is 4.79 Å². The summed E-state index contributed by atoms with van der Waals surface area (Å²) < 4.78 is 0. The van der Waals surface area contributed by atoms with Crippen molar-refractivity contribution in [3.8, 4) is 0 Å². The number of amides is 1. The molecule has 24 heavy (non-hydrogen) atoms. The summed E-state index contributed by atoms with van der Waals surface area (Å²) in [6, 6.07) is 10.8. The van der Waals surface area contributed by atoms with Crippen LogP contribution in [0.5, 0.6) is 0 Å². The zero-order valence-electron chi connectivity index (χ0n) is 14.7. The molecule has 3 nitrogen and oxygen atoms in total. The van der Waals surface area contributed by atoms with Gasteiger partial charge in [0.15, 0.2) is 0 Å². The number of rotatable bonds is 4. The van der Waals surface area contributed by atoms with Crippen LogP contribution in [0.15, 0.2) is 48.1 Å². The summed E-state index contributed by atoms with van der Waals surface area (Å²) in [4.78, 5) is 16.5. The summed E-state index contributed by atoms with van der Waals surface area (Å²) in [6.45, 7) is 5.70. The Bertz CT molecular complexity index is 606. The summed E-state index contributed by atoms with van der Waals surface area (Å²) in [5, 5.41) is 0. The Morgan fingerprint density at radius 3 is 2.83 bits per heavy atom. The topological polar surface area (TPSA) is 23.6 Å². The Labute approximate surface area is 145 Å². The van der Waals surface area contributed by atoms with E-state index in [0.717, 1.165) is 45.4 Å². The van der Waals surface area contributed by atoms with E-state index in [4.69, 9.17) is 0 Å². The molecule has 0 aliphatic carbocycles. The van der Waals surface area contributed by atoms with Crippen molar-refractivity contribution < 1.29 is 4.79 Å². The van der Waals surface area contributed by atoms with Crippen molar-refractivity contribution in [2.75, 3.05) is 26.2 Å². The first kappa shape index (κ1) is 17.0. The monoisotopic (exact) mass is 324 g/mol. The Morgan fingerprint density at radius 1 is 1.21 bits per heavy atom. The number of carbonyl (C=O) groups excluding carboxylic acids is 1. The lowest BCUT2D eigenvalue weighted by atomic mass is 9.92. The summed E-state index contributed by atoms with van der Waals surface area (Å²) in [7, 11) is 0.